The van der Waals surface area contributed by atoms with E-state index >= 15 is 0 Å². The van der Waals surface area contributed by atoms with Gasteiger partial charge in [-0.15, -0.1) is 0 Å². The highest BCUT2D eigenvalue weighted by atomic mass is 19.4. The third-order valence-electron chi connectivity index (χ3n) is 2.86. The second-order valence-electron chi connectivity index (χ2n) is 4.59. The molecule has 1 aromatic carbocycles. The SMILES string of the molecule is COCCCC[C@@H](OC(=O)c1ccc(O)c(F)c1)C(F)(F)F. The lowest BCUT2D eigenvalue weighted by Gasteiger charge is -2.20. The number of alkyl halides is 3. The minimum absolute atomic E-state index is 0.162. The molecule has 0 aliphatic carbocycles. The summed E-state index contributed by atoms with van der Waals surface area (Å²) in [7, 11) is 1.43. The molecule has 0 amide bonds. The van der Waals surface area contributed by atoms with Crippen LogP contribution in [0.5, 0.6) is 5.75 Å². The van der Waals surface area contributed by atoms with Crippen LogP contribution in [-0.4, -0.2) is 37.1 Å². The molecule has 0 saturated carbocycles. The zero-order valence-electron chi connectivity index (χ0n) is 11.8. The topological polar surface area (TPSA) is 55.8 Å². The van der Waals surface area contributed by atoms with Crippen LogP contribution in [0.25, 0.3) is 0 Å². The summed E-state index contributed by atoms with van der Waals surface area (Å²) in [5.74, 6) is -3.12. The molecule has 0 heterocycles. The van der Waals surface area contributed by atoms with Gasteiger partial charge in [-0.1, -0.05) is 0 Å². The van der Waals surface area contributed by atoms with Crippen LogP contribution < -0.4 is 0 Å². The normalized spacial score (nSPS) is 13.0. The van der Waals surface area contributed by atoms with E-state index in [0.717, 1.165) is 12.1 Å². The van der Waals surface area contributed by atoms with E-state index in [0.29, 0.717) is 19.1 Å². The second-order valence-corrected chi connectivity index (χ2v) is 4.59. The van der Waals surface area contributed by atoms with Crippen LogP contribution in [0.1, 0.15) is 29.6 Å². The molecule has 0 fully saturated rings. The molecule has 0 aliphatic heterocycles. The number of benzene rings is 1. The Hall–Kier alpha value is -1.83. The van der Waals surface area contributed by atoms with Crippen molar-refractivity contribution in [2.45, 2.75) is 31.5 Å². The summed E-state index contributed by atoms with van der Waals surface area (Å²) < 4.78 is 60.7. The Labute approximate surface area is 124 Å². The molecule has 0 aromatic heterocycles. The molecule has 1 atom stereocenters. The van der Waals surface area contributed by atoms with E-state index in [1.807, 2.05) is 0 Å². The summed E-state index contributed by atoms with van der Waals surface area (Å²) >= 11 is 0. The number of phenolic OH excluding ortho intramolecular Hbond substituents is 1. The number of rotatable bonds is 7. The van der Waals surface area contributed by atoms with Crippen molar-refractivity contribution in [2.24, 2.45) is 0 Å². The number of carbonyl (C=O) groups is 1. The number of unbranched alkanes of at least 4 members (excludes halogenated alkanes) is 1. The molecular formula is C14H16F4O4. The zero-order chi connectivity index (χ0) is 16.8. The first-order valence-electron chi connectivity index (χ1n) is 6.51. The number of phenols is 1. The van der Waals surface area contributed by atoms with E-state index in [1.165, 1.54) is 7.11 Å². The summed E-state index contributed by atoms with van der Waals surface area (Å²) in [6.07, 6.45) is -6.82. The average molecular weight is 324 g/mol. The van der Waals surface area contributed by atoms with Gasteiger partial charge in [0.25, 0.3) is 0 Å². The van der Waals surface area contributed by atoms with Crippen LogP contribution in [0, 0.1) is 5.82 Å². The van der Waals surface area contributed by atoms with Crippen molar-refractivity contribution in [3.8, 4) is 5.75 Å². The van der Waals surface area contributed by atoms with Gasteiger partial charge in [0.15, 0.2) is 17.7 Å². The molecule has 8 heteroatoms. The Kier molecular flexibility index (Phi) is 6.61. The minimum atomic E-state index is -4.71. The van der Waals surface area contributed by atoms with Crippen LogP contribution in [0.2, 0.25) is 0 Å². The standard InChI is InChI=1S/C14H16F4O4/c1-21-7-3-2-4-12(14(16,17)18)22-13(20)9-5-6-11(19)10(15)8-9/h5-6,8,12,19H,2-4,7H2,1H3/t12-/m1/s1. The number of hydrogen-bond donors (Lipinski definition) is 1. The quantitative estimate of drug-likeness (QED) is 0.474. The van der Waals surface area contributed by atoms with E-state index in [9.17, 15) is 22.4 Å². The Bertz CT molecular complexity index is 502. The summed E-state index contributed by atoms with van der Waals surface area (Å²) in [5, 5.41) is 8.98. The maximum absolute atomic E-state index is 13.1. The van der Waals surface area contributed by atoms with Crippen LogP contribution >= 0.6 is 0 Å². The van der Waals surface area contributed by atoms with Crippen molar-refractivity contribution in [3.05, 3.63) is 29.6 Å². The first kappa shape index (κ1) is 18.2. The van der Waals surface area contributed by atoms with Crippen molar-refractivity contribution < 1.29 is 36.9 Å². The fourth-order valence-corrected chi connectivity index (χ4v) is 1.70. The van der Waals surface area contributed by atoms with Gasteiger partial charge >= 0.3 is 12.1 Å². The van der Waals surface area contributed by atoms with Crippen molar-refractivity contribution in [2.75, 3.05) is 13.7 Å². The Morgan fingerprint density at radius 1 is 1.32 bits per heavy atom. The van der Waals surface area contributed by atoms with Gasteiger partial charge < -0.3 is 14.6 Å². The fraction of sp³-hybridized carbons (Fsp3) is 0.500. The van der Waals surface area contributed by atoms with Crippen LogP contribution in [0.4, 0.5) is 17.6 Å². The van der Waals surface area contributed by atoms with Crippen molar-refractivity contribution >= 4 is 5.97 Å². The molecule has 22 heavy (non-hydrogen) atoms. The molecule has 124 valence electrons. The van der Waals surface area contributed by atoms with Gasteiger partial charge in [0.05, 0.1) is 5.56 Å². The maximum atomic E-state index is 13.1. The van der Waals surface area contributed by atoms with E-state index < -0.39 is 41.8 Å². The highest BCUT2D eigenvalue weighted by Gasteiger charge is 2.42. The third-order valence-corrected chi connectivity index (χ3v) is 2.86. The van der Waals surface area contributed by atoms with Gasteiger partial charge in [-0.2, -0.15) is 13.2 Å². The van der Waals surface area contributed by atoms with Gasteiger partial charge in [-0.25, -0.2) is 9.18 Å². The highest BCUT2D eigenvalue weighted by molar-refractivity contribution is 5.89. The van der Waals surface area contributed by atoms with Gasteiger partial charge in [0.2, 0.25) is 0 Å². The Balaban J connectivity index is 2.71. The van der Waals surface area contributed by atoms with Crippen molar-refractivity contribution in [1.82, 2.24) is 0 Å². The molecule has 0 saturated heterocycles. The molecule has 0 spiro atoms. The zero-order valence-corrected chi connectivity index (χ0v) is 11.8. The minimum Gasteiger partial charge on any atom is -0.505 e. The average Bonchev–Trinajstić information content (AvgIpc) is 2.43. The number of ether oxygens (including phenoxy) is 2. The molecule has 0 radical (unpaired) electrons. The number of carbonyl (C=O) groups excluding carboxylic acids is 1. The first-order valence-corrected chi connectivity index (χ1v) is 6.51. The number of halogens is 4. The number of hydrogen-bond acceptors (Lipinski definition) is 4. The fourth-order valence-electron chi connectivity index (χ4n) is 1.70. The number of aromatic hydroxyl groups is 1. The monoisotopic (exact) mass is 324 g/mol. The molecule has 0 bridgehead atoms. The second kappa shape index (κ2) is 7.98. The Morgan fingerprint density at radius 3 is 2.55 bits per heavy atom. The smallest absolute Gasteiger partial charge is 0.425 e. The van der Waals surface area contributed by atoms with Gasteiger partial charge in [0.1, 0.15) is 0 Å². The molecule has 1 aromatic rings. The molecule has 1 rings (SSSR count). The predicted octanol–water partition coefficient (Wildman–Crippen LogP) is 3.44. The highest BCUT2D eigenvalue weighted by Crippen LogP contribution is 2.28. The molecule has 1 N–H and O–H groups in total. The Morgan fingerprint density at radius 2 is 2.00 bits per heavy atom. The predicted molar refractivity (Wildman–Crippen MR) is 69.1 cm³/mol. The molecule has 0 unspecified atom stereocenters. The van der Waals surface area contributed by atoms with Crippen LogP contribution in [0.3, 0.4) is 0 Å². The largest absolute Gasteiger partial charge is 0.505 e. The van der Waals surface area contributed by atoms with E-state index in [-0.39, 0.29) is 6.42 Å². The van der Waals surface area contributed by atoms with Gasteiger partial charge in [0, 0.05) is 13.7 Å². The molecular weight excluding hydrogens is 308 g/mol. The lowest BCUT2D eigenvalue weighted by atomic mass is 10.1. The number of methoxy groups -OCH3 is 1. The van der Waals surface area contributed by atoms with Crippen LogP contribution in [0.15, 0.2) is 18.2 Å². The van der Waals surface area contributed by atoms with E-state index in [1.54, 1.807) is 0 Å². The van der Waals surface area contributed by atoms with Crippen molar-refractivity contribution in [3.63, 3.8) is 0 Å². The lowest BCUT2D eigenvalue weighted by molar-refractivity contribution is -0.206. The maximum Gasteiger partial charge on any atom is 0.425 e. The summed E-state index contributed by atoms with van der Waals surface area (Å²) in [4.78, 5) is 11.7. The molecule has 4 nitrogen and oxygen atoms in total. The van der Waals surface area contributed by atoms with Gasteiger partial charge in [-0.05, 0) is 37.5 Å². The molecule has 0 aliphatic rings. The van der Waals surface area contributed by atoms with Crippen LogP contribution in [-0.2, 0) is 9.47 Å². The van der Waals surface area contributed by atoms with E-state index in [2.05, 4.69) is 4.74 Å². The summed E-state index contributed by atoms with van der Waals surface area (Å²) in [5.41, 5.74) is -0.401. The van der Waals surface area contributed by atoms with E-state index in [4.69, 9.17) is 9.84 Å². The summed E-state index contributed by atoms with van der Waals surface area (Å²) in [6, 6.07) is 2.47. The summed E-state index contributed by atoms with van der Waals surface area (Å²) in [6.45, 7) is 0.307. The third kappa shape index (κ3) is 5.51. The first-order chi connectivity index (χ1) is 10.3. The number of esters is 1. The van der Waals surface area contributed by atoms with Gasteiger partial charge in [-0.3, -0.25) is 0 Å². The lowest BCUT2D eigenvalue weighted by Crippen LogP contribution is -2.34. The van der Waals surface area contributed by atoms with Crippen molar-refractivity contribution in [1.29, 1.82) is 0 Å².